The van der Waals surface area contributed by atoms with E-state index < -0.39 is 0 Å². The van der Waals surface area contributed by atoms with Crippen LogP contribution in [0.2, 0.25) is 0 Å². The Morgan fingerprint density at radius 2 is 2.20 bits per heavy atom. The van der Waals surface area contributed by atoms with Crippen molar-refractivity contribution in [1.29, 1.82) is 0 Å². The number of nitrogens with one attached hydrogen (secondary N) is 1. The van der Waals surface area contributed by atoms with E-state index in [0.29, 0.717) is 6.04 Å². The Bertz CT molecular complexity index is 338. The van der Waals surface area contributed by atoms with E-state index in [0.717, 1.165) is 11.9 Å². The standard InChI is InChI=1S/C11H18N4/c1-14-7-4-12-11(14)13-10-8-15-5-2-9(10)3-6-15/h4,7,9-10H,2-3,5-6,8H2,1H3,(H,12,13). The molecule has 3 aliphatic rings. The molecule has 1 atom stereocenters. The third-order valence-electron chi connectivity index (χ3n) is 3.79. The molecule has 1 unspecified atom stereocenters. The second-order valence-electron chi connectivity index (χ2n) is 4.75. The SMILES string of the molecule is Cn1ccnc1NC1CN2CCC1CC2. The minimum Gasteiger partial charge on any atom is -0.351 e. The number of hydrogen-bond acceptors (Lipinski definition) is 3. The molecular formula is C11H18N4. The molecule has 0 saturated carbocycles. The first-order valence-electron chi connectivity index (χ1n) is 5.79. The molecule has 82 valence electrons. The van der Waals surface area contributed by atoms with Crippen LogP contribution in [0.3, 0.4) is 0 Å². The lowest BCUT2D eigenvalue weighted by Crippen LogP contribution is -2.53. The molecule has 2 bridgehead atoms. The predicted octanol–water partition coefficient (Wildman–Crippen LogP) is 0.926. The van der Waals surface area contributed by atoms with Crippen molar-refractivity contribution in [2.75, 3.05) is 25.0 Å². The molecule has 0 spiro atoms. The molecule has 4 rings (SSSR count). The zero-order valence-corrected chi connectivity index (χ0v) is 9.19. The minimum atomic E-state index is 0.605. The Kier molecular flexibility index (Phi) is 2.16. The quantitative estimate of drug-likeness (QED) is 0.781. The van der Waals surface area contributed by atoms with Crippen molar-refractivity contribution in [3.63, 3.8) is 0 Å². The number of aromatic nitrogens is 2. The number of anilines is 1. The van der Waals surface area contributed by atoms with Gasteiger partial charge in [-0.25, -0.2) is 4.98 Å². The fourth-order valence-corrected chi connectivity index (χ4v) is 2.80. The van der Waals surface area contributed by atoms with Gasteiger partial charge in [-0.1, -0.05) is 0 Å². The Hall–Kier alpha value is -1.03. The highest BCUT2D eigenvalue weighted by Gasteiger charge is 2.34. The van der Waals surface area contributed by atoms with Crippen LogP contribution in [0, 0.1) is 5.92 Å². The summed E-state index contributed by atoms with van der Waals surface area (Å²) in [7, 11) is 2.04. The molecule has 4 heteroatoms. The minimum absolute atomic E-state index is 0.605. The fraction of sp³-hybridized carbons (Fsp3) is 0.727. The van der Waals surface area contributed by atoms with Crippen LogP contribution in [0.4, 0.5) is 5.95 Å². The van der Waals surface area contributed by atoms with Gasteiger partial charge in [0.15, 0.2) is 0 Å². The summed E-state index contributed by atoms with van der Waals surface area (Å²) < 4.78 is 2.05. The second kappa shape index (κ2) is 3.52. The van der Waals surface area contributed by atoms with Gasteiger partial charge in [0.05, 0.1) is 0 Å². The van der Waals surface area contributed by atoms with E-state index in [-0.39, 0.29) is 0 Å². The first-order valence-corrected chi connectivity index (χ1v) is 5.79. The number of nitrogens with zero attached hydrogens (tertiary/aromatic N) is 3. The van der Waals surface area contributed by atoms with E-state index in [2.05, 4.69) is 19.8 Å². The maximum absolute atomic E-state index is 4.33. The summed E-state index contributed by atoms with van der Waals surface area (Å²) in [6.45, 7) is 3.78. The molecule has 15 heavy (non-hydrogen) atoms. The van der Waals surface area contributed by atoms with Crippen molar-refractivity contribution >= 4 is 5.95 Å². The third kappa shape index (κ3) is 1.63. The average molecular weight is 206 g/mol. The van der Waals surface area contributed by atoms with Gasteiger partial charge in [0.1, 0.15) is 0 Å². The lowest BCUT2D eigenvalue weighted by molar-refractivity contribution is 0.0971. The van der Waals surface area contributed by atoms with Crippen LogP contribution in [0.1, 0.15) is 12.8 Å². The van der Waals surface area contributed by atoms with Crippen LogP contribution >= 0.6 is 0 Å². The molecule has 0 amide bonds. The molecule has 0 aliphatic carbocycles. The number of fused-ring (bicyclic) bond motifs is 3. The van der Waals surface area contributed by atoms with Gasteiger partial charge in [-0.15, -0.1) is 0 Å². The highest BCUT2D eigenvalue weighted by atomic mass is 15.2. The molecular weight excluding hydrogens is 188 g/mol. The van der Waals surface area contributed by atoms with Gasteiger partial charge in [0.25, 0.3) is 0 Å². The summed E-state index contributed by atoms with van der Waals surface area (Å²) in [5.74, 6) is 1.86. The number of piperidine rings is 3. The van der Waals surface area contributed by atoms with Crippen molar-refractivity contribution in [2.45, 2.75) is 18.9 Å². The van der Waals surface area contributed by atoms with Crippen LogP contribution in [-0.4, -0.2) is 40.1 Å². The van der Waals surface area contributed by atoms with Crippen LogP contribution in [-0.2, 0) is 7.05 Å². The monoisotopic (exact) mass is 206 g/mol. The van der Waals surface area contributed by atoms with Crippen LogP contribution in [0.5, 0.6) is 0 Å². The molecule has 1 N–H and O–H groups in total. The average Bonchev–Trinajstić information content (AvgIpc) is 2.66. The maximum Gasteiger partial charge on any atom is 0.202 e. The summed E-state index contributed by atoms with van der Waals surface area (Å²) in [6, 6.07) is 0.605. The van der Waals surface area contributed by atoms with Crippen LogP contribution in [0.15, 0.2) is 12.4 Å². The summed E-state index contributed by atoms with van der Waals surface area (Å²) >= 11 is 0. The summed E-state index contributed by atoms with van der Waals surface area (Å²) in [5.41, 5.74) is 0. The maximum atomic E-state index is 4.33. The normalized spacial score (nSPS) is 34.3. The van der Waals surface area contributed by atoms with E-state index in [1.807, 2.05) is 19.4 Å². The number of rotatable bonds is 2. The van der Waals surface area contributed by atoms with Crippen molar-refractivity contribution in [2.24, 2.45) is 13.0 Å². The molecule has 4 nitrogen and oxygen atoms in total. The Morgan fingerprint density at radius 1 is 1.40 bits per heavy atom. The molecule has 3 saturated heterocycles. The van der Waals surface area contributed by atoms with E-state index in [9.17, 15) is 0 Å². The summed E-state index contributed by atoms with van der Waals surface area (Å²) in [5, 5.41) is 3.57. The highest BCUT2D eigenvalue weighted by Crippen LogP contribution is 2.29. The predicted molar refractivity (Wildman–Crippen MR) is 59.8 cm³/mol. The van der Waals surface area contributed by atoms with Gasteiger partial charge in [-0.3, -0.25) is 0 Å². The van der Waals surface area contributed by atoms with Gasteiger partial charge < -0.3 is 14.8 Å². The van der Waals surface area contributed by atoms with E-state index >= 15 is 0 Å². The fourth-order valence-electron chi connectivity index (χ4n) is 2.80. The van der Waals surface area contributed by atoms with E-state index in [4.69, 9.17) is 0 Å². The molecule has 0 radical (unpaired) electrons. The van der Waals surface area contributed by atoms with Crippen molar-refractivity contribution in [3.05, 3.63) is 12.4 Å². The van der Waals surface area contributed by atoms with Gasteiger partial charge >= 0.3 is 0 Å². The molecule has 3 fully saturated rings. The number of imidazole rings is 1. The molecule has 1 aromatic heterocycles. The lowest BCUT2D eigenvalue weighted by atomic mass is 9.84. The first kappa shape index (κ1) is 9.21. The Balaban J connectivity index is 1.71. The topological polar surface area (TPSA) is 33.1 Å². The van der Waals surface area contributed by atoms with Crippen molar-refractivity contribution in [3.8, 4) is 0 Å². The third-order valence-corrected chi connectivity index (χ3v) is 3.79. The van der Waals surface area contributed by atoms with Gasteiger partial charge in [-0.2, -0.15) is 0 Å². The number of aryl methyl sites for hydroxylation is 1. The molecule has 3 aliphatic heterocycles. The zero-order valence-electron chi connectivity index (χ0n) is 9.19. The van der Waals surface area contributed by atoms with E-state index in [1.165, 1.54) is 32.5 Å². The Morgan fingerprint density at radius 3 is 2.73 bits per heavy atom. The largest absolute Gasteiger partial charge is 0.351 e. The lowest BCUT2D eigenvalue weighted by Gasteiger charge is -2.45. The van der Waals surface area contributed by atoms with Crippen molar-refractivity contribution < 1.29 is 0 Å². The molecule has 0 aromatic carbocycles. The van der Waals surface area contributed by atoms with Crippen LogP contribution in [0.25, 0.3) is 0 Å². The smallest absolute Gasteiger partial charge is 0.202 e. The summed E-state index contributed by atoms with van der Waals surface area (Å²) in [4.78, 5) is 6.88. The number of hydrogen-bond donors (Lipinski definition) is 1. The zero-order chi connectivity index (χ0) is 10.3. The van der Waals surface area contributed by atoms with Gasteiger partial charge in [0, 0.05) is 32.0 Å². The van der Waals surface area contributed by atoms with Crippen LogP contribution < -0.4 is 5.32 Å². The highest BCUT2D eigenvalue weighted by molar-refractivity contribution is 5.28. The van der Waals surface area contributed by atoms with E-state index in [1.54, 1.807) is 0 Å². The Labute approximate surface area is 90.3 Å². The van der Waals surface area contributed by atoms with Gasteiger partial charge in [-0.05, 0) is 31.8 Å². The summed E-state index contributed by atoms with van der Waals surface area (Å²) in [6.07, 6.45) is 6.54. The molecule has 1 aromatic rings. The molecule has 4 heterocycles. The second-order valence-corrected chi connectivity index (χ2v) is 4.75. The van der Waals surface area contributed by atoms with Gasteiger partial charge in [0.2, 0.25) is 5.95 Å². The van der Waals surface area contributed by atoms with Crippen molar-refractivity contribution in [1.82, 2.24) is 14.5 Å². The first-order chi connectivity index (χ1) is 7.33.